The molecular formula is C19H23N3O2S. The van der Waals surface area contributed by atoms with Gasteiger partial charge < -0.3 is 9.47 Å². The van der Waals surface area contributed by atoms with Crippen LogP contribution in [0.3, 0.4) is 0 Å². The summed E-state index contributed by atoms with van der Waals surface area (Å²) in [5.74, 6) is 0.452. The highest BCUT2D eigenvalue weighted by Gasteiger charge is 2.30. The standard InChI is InChI=1S/C19H23N3O2S/c1-21-10-8-20-19(21)18(24)15-6-4-9-22(13-15)17(23)12-14-5-3-7-16(11-14)25-2/h3,5,7-8,10-11,15H,4,6,9,12-13H2,1-2H3/t15-/m0/s1. The molecule has 132 valence electrons. The van der Waals surface area contributed by atoms with Crippen LogP contribution in [0.2, 0.25) is 0 Å². The van der Waals surface area contributed by atoms with Crippen molar-refractivity contribution in [1.29, 1.82) is 0 Å². The SMILES string of the molecule is CSc1cccc(CC(=O)N2CCC[C@H](C(=O)c3nccn3C)C2)c1. The first-order valence-corrected chi connectivity index (χ1v) is 9.73. The lowest BCUT2D eigenvalue weighted by Gasteiger charge is -2.32. The highest BCUT2D eigenvalue weighted by Crippen LogP contribution is 2.22. The first kappa shape index (κ1) is 17.7. The number of nitrogens with zero attached hydrogens (tertiary/aromatic N) is 3. The topological polar surface area (TPSA) is 55.2 Å². The Bertz CT molecular complexity index is 772. The van der Waals surface area contributed by atoms with Crippen molar-refractivity contribution >= 4 is 23.5 Å². The Morgan fingerprint density at radius 3 is 2.92 bits per heavy atom. The van der Waals surface area contributed by atoms with Crippen molar-refractivity contribution in [1.82, 2.24) is 14.5 Å². The molecule has 0 N–H and O–H groups in total. The average molecular weight is 357 g/mol. The van der Waals surface area contributed by atoms with E-state index < -0.39 is 0 Å². The van der Waals surface area contributed by atoms with Gasteiger partial charge in [-0.25, -0.2) is 4.98 Å². The molecule has 0 spiro atoms. The lowest BCUT2D eigenvalue weighted by atomic mass is 9.93. The number of aryl methyl sites for hydroxylation is 1. The number of likely N-dealkylation sites (tertiary alicyclic amines) is 1. The highest BCUT2D eigenvalue weighted by molar-refractivity contribution is 7.98. The lowest BCUT2D eigenvalue weighted by molar-refractivity contribution is -0.131. The number of rotatable bonds is 5. The molecule has 1 aliphatic heterocycles. The number of thioether (sulfide) groups is 1. The first-order chi connectivity index (χ1) is 12.1. The molecule has 3 rings (SSSR count). The number of Topliss-reactive ketones (excluding diaryl/α,β-unsaturated/α-hetero) is 1. The van der Waals surface area contributed by atoms with Gasteiger partial charge in [-0.2, -0.15) is 0 Å². The zero-order valence-electron chi connectivity index (χ0n) is 14.6. The Morgan fingerprint density at radius 1 is 1.36 bits per heavy atom. The molecule has 5 nitrogen and oxygen atoms in total. The summed E-state index contributed by atoms with van der Waals surface area (Å²) in [6.45, 7) is 1.22. The molecule has 1 aromatic carbocycles. The summed E-state index contributed by atoms with van der Waals surface area (Å²) in [4.78, 5) is 32.5. The van der Waals surface area contributed by atoms with Crippen LogP contribution in [0.4, 0.5) is 0 Å². The maximum atomic E-state index is 12.7. The number of hydrogen-bond acceptors (Lipinski definition) is 4. The maximum Gasteiger partial charge on any atom is 0.227 e. The van der Waals surface area contributed by atoms with Crippen LogP contribution in [0.15, 0.2) is 41.6 Å². The number of carbonyl (C=O) groups excluding carboxylic acids is 2. The fraction of sp³-hybridized carbons (Fsp3) is 0.421. The molecule has 25 heavy (non-hydrogen) atoms. The minimum Gasteiger partial charge on any atom is -0.342 e. The summed E-state index contributed by atoms with van der Waals surface area (Å²) < 4.78 is 1.75. The number of piperidine rings is 1. The quantitative estimate of drug-likeness (QED) is 0.610. The van der Waals surface area contributed by atoms with Crippen LogP contribution in [0.1, 0.15) is 29.0 Å². The number of carbonyl (C=O) groups is 2. The molecule has 0 bridgehead atoms. The van der Waals surface area contributed by atoms with Crippen LogP contribution < -0.4 is 0 Å². The van der Waals surface area contributed by atoms with Crippen molar-refractivity contribution in [3.8, 4) is 0 Å². The predicted octanol–water partition coefficient (Wildman–Crippen LogP) is 2.81. The molecule has 1 aromatic heterocycles. The van der Waals surface area contributed by atoms with Gasteiger partial charge in [-0.3, -0.25) is 9.59 Å². The summed E-state index contributed by atoms with van der Waals surface area (Å²) >= 11 is 1.67. The van der Waals surface area contributed by atoms with Crippen LogP contribution in [0, 0.1) is 5.92 Å². The second-order valence-electron chi connectivity index (χ2n) is 6.43. The number of imidazole rings is 1. The molecule has 1 saturated heterocycles. The third-order valence-electron chi connectivity index (χ3n) is 4.68. The van der Waals surface area contributed by atoms with Crippen molar-refractivity contribution in [2.24, 2.45) is 13.0 Å². The van der Waals surface area contributed by atoms with E-state index in [1.54, 1.807) is 28.7 Å². The van der Waals surface area contributed by atoms with Crippen molar-refractivity contribution in [3.05, 3.63) is 48.0 Å². The maximum absolute atomic E-state index is 12.7. The molecule has 0 saturated carbocycles. The largest absolute Gasteiger partial charge is 0.342 e. The van der Waals surface area contributed by atoms with Gasteiger partial charge >= 0.3 is 0 Å². The average Bonchev–Trinajstić information content (AvgIpc) is 3.07. The van der Waals surface area contributed by atoms with Crippen LogP contribution in [-0.2, 0) is 18.3 Å². The monoisotopic (exact) mass is 357 g/mol. The van der Waals surface area contributed by atoms with Crippen molar-refractivity contribution < 1.29 is 9.59 Å². The number of aromatic nitrogens is 2. The van der Waals surface area contributed by atoms with E-state index in [0.717, 1.165) is 29.8 Å². The number of ketones is 1. The van der Waals surface area contributed by atoms with Crippen molar-refractivity contribution in [2.45, 2.75) is 24.2 Å². The fourth-order valence-corrected chi connectivity index (χ4v) is 3.76. The number of amides is 1. The van der Waals surface area contributed by atoms with Crippen molar-refractivity contribution in [3.63, 3.8) is 0 Å². The summed E-state index contributed by atoms with van der Waals surface area (Å²) in [5.41, 5.74) is 1.02. The van der Waals surface area contributed by atoms with Crippen LogP contribution in [0.25, 0.3) is 0 Å². The minimum absolute atomic E-state index is 0.0365. The smallest absolute Gasteiger partial charge is 0.227 e. The molecule has 1 amide bonds. The molecule has 0 aliphatic carbocycles. The van der Waals surface area contributed by atoms with Gasteiger partial charge in [0.15, 0.2) is 5.82 Å². The Kier molecular flexibility index (Phi) is 5.58. The van der Waals surface area contributed by atoms with E-state index in [-0.39, 0.29) is 17.6 Å². The zero-order chi connectivity index (χ0) is 17.8. The second kappa shape index (κ2) is 7.87. The summed E-state index contributed by atoms with van der Waals surface area (Å²) in [7, 11) is 1.82. The van der Waals surface area contributed by atoms with Gasteiger partial charge in [-0.05, 0) is 36.8 Å². The molecule has 0 radical (unpaired) electrons. The van der Waals surface area contributed by atoms with E-state index in [1.165, 1.54) is 0 Å². The normalized spacial score (nSPS) is 17.5. The van der Waals surface area contributed by atoms with Gasteiger partial charge in [0, 0.05) is 43.3 Å². The van der Waals surface area contributed by atoms with Gasteiger partial charge in [-0.1, -0.05) is 12.1 Å². The van der Waals surface area contributed by atoms with E-state index in [1.807, 2.05) is 36.4 Å². The molecule has 6 heteroatoms. The van der Waals surface area contributed by atoms with Gasteiger partial charge in [0.1, 0.15) is 0 Å². The van der Waals surface area contributed by atoms with E-state index in [0.29, 0.717) is 18.8 Å². The first-order valence-electron chi connectivity index (χ1n) is 8.50. The van der Waals surface area contributed by atoms with E-state index >= 15 is 0 Å². The Morgan fingerprint density at radius 2 is 2.20 bits per heavy atom. The number of benzene rings is 1. The van der Waals surface area contributed by atoms with Gasteiger partial charge in [0.05, 0.1) is 6.42 Å². The summed E-state index contributed by atoms with van der Waals surface area (Å²) in [6.07, 6.45) is 7.50. The van der Waals surface area contributed by atoms with Gasteiger partial charge in [-0.15, -0.1) is 11.8 Å². The van der Waals surface area contributed by atoms with Gasteiger partial charge in [0.2, 0.25) is 11.7 Å². The van der Waals surface area contributed by atoms with E-state index in [9.17, 15) is 9.59 Å². The van der Waals surface area contributed by atoms with Crippen LogP contribution >= 0.6 is 11.8 Å². The molecular weight excluding hydrogens is 334 g/mol. The van der Waals surface area contributed by atoms with E-state index in [4.69, 9.17) is 0 Å². The molecule has 1 aliphatic rings. The molecule has 0 unspecified atom stereocenters. The molecule has 2 heterocycles. The lowest BCUT2D eigenvalue weighted by Crippen LogP contribution is -2.43. The number of hydrogen-bond donors (Lipinski definition) is 0. The zero-order valence-corrected chi connectivity index (χ0v) is 15.5. The molecule has 2 aromatic rings. The molecule has 1 fully saturated rings. The van der Waals surface area contributed by atoms with Crippen molar-refractivity contribution in [2.75, 3.05) is 19.3 Å². The predicted molar refractivity (Wildman–Crippen MR) is 98.8 cm³/mol. The highest BCUT2D eigenvalue weighted by atomic mass is 32.2. The third kappa shape index (κ3) is 4.12. The van der Waals surface area contributed by atoms with Crippen LogP contribution in [-0.4, -0.2) is 45.5 Å². The van der Waals surface area contributed by atoms with Gasteiger partial charge in [0.25, 0.3) is 0 Å². The summed E-state index contributed by atoms with van der Waals surface area (Å²) in [5, 5.41) is 0. The minimum atomic E-state index is -0.156. The Balaban J connectivity index is 1.65. The van der Waals surface area contributed by atoms with E-state index in [2.05, 4.69) is 11.1 Å². The fourth-order valence-electron chi connectivity index (χ4n) is 3.27. The Labute approximate surface area is 152 Å². The Hall–Kier alpha value is -2.08. The third-order valence-corrected chi connectivity index (χ3v) is 5.40. The summed E-state index contributed by atoms with van der Waals surface area (Å²) in [6, 6.07) is 8.07. The molecule has 1 atom stereocenters. The second-order valence-corrected chi connectivity index (χ2v) is 7.31. The van der Waals surface area contributed by atoms with Crippen LogP contribution in [0.5, 0.6) is 0 Å².